The van der Waals surface area contributed by atoms with Gasteiger partial charge >= 0.3 is 0 Å². The first-order chi connectivity index (χ1) is 8.78. The predicted molar refractivity (Wildman–Crippen MR) is 74.7 cm³/mol. The molecule has 0 aliphatic carbocycles. The van der Waals surface area contributed by atoms with Crippen LogP contribution in [0.4, 0.5) is 0 Å². The van der Waals surface area contributed by atoms with Gasteiger partial charge in [-0.1, -0.05) is 6.92 Å². The van der Waals surface area contributed by atoms with Crippen LogP contribution in [0.2, 0.25) is 0 Å². The standard InChI is InChI=1S/C14H29N3O/c1-2-16(12-14-4-3-11-18-14)9-10-17-7-5-13(15)6-8-17/h13-14H,2-12,15H2,1H3. The van der Waals surface area contributed by atoms with Crippen molar-refractivity contribution in [1.82, 2.24) is 9.80 Å². The number of ether oxygens (including phenoxy) is 1. The monoisotopic (exact) mass is 255 g/mol. The number of hydrogen-bond donors (Lipinski definition) is 1. The number of hydrogen-bond acceptors (Lipinski definition) is 4. The zero-order valence-electron chi connectivity index (χ0n) is 11.8. The smallest absolute Gasteiger partial charge is 0.0702 e. The van der Waals surface area contributed by atoms with Crippen LogP contribution in [0, 0.1) is 0 Å². The molecule has 106 valence electrons. The van der Waals surface area contributed by atoms with Crippen molar-refractivity contribution in [3.63, 3.8) is 0 Å². The van der Waals surface area contributed by atoms with E-state index in [0.717, 1.165) is 32.5 Å². The van der Waals surface area contributed by atoms with Crippen molar-refractivity contribution in [3.8, 4) is 0 Å². The molecule has 0 spiro atoms. The minimum atomic E-state index is 0.440. The average Bonchev–Trinajstić information content (AvgIpc) is 2.89. The second-order valence-electron chi connectivity index (χ2n) is 5.71. The van der Waals surface area contributed by atoms with Gasteiger partial charge in [0.2, 0.25) is 0 Å². The molecule has 4 nitrogen and oxygen atoms in total. The Balaban J connectivity index is 1.63. The highest BCUT2D eigenvalue weighted by molar-refractivity contribution is 4.76. The summed E-state index contributed by atoms with van der Waals surface area (Å²) in [6.45, 7) is 10.2. The van der Waals surface area contributed by atoms with Gasteiger partial charge in [0.1, 0.15) is 0 Å². The Morgan fingerprint density at radius 1 is 1.28 bits per heavy atom. The van der Waals surface area contributed by atoms with E-state index >= 15 is 0 Å². The largest absolute Gasteiger partial charge is 0.377 e. The lowest BCUT2D eigenvalue weighted by Gasteiger charge is -2.32. The summed E-state index contributed by atoms with van der Waals surface area (Å²) in [4.78, 5) is 5.09. The summed E-state index contributed by atoms with van der Waals surface area (Å²) < 4.78 is 5.72. The first-order valence-corrected chi connectivity index (χ1v) is 7.60. The molecule has 2 rings (SSSR count). The molecule has 0 aromatic heterocycles. The van der Waals surface area contributed by atoms with Crippen molar-refractivity contribution in [2.45, 2.75) is 44.8 Å². The van der Waals surface area contributed by atoms with Gasteiger partial charge in [-0.2, -0.15) is 0 Å². The predicted octanol–water partition coefficient (Wildman–Crippen LogP) is 0.910. The highest BCUT2D eigenvalue weighted by Gasteiger charge is 2.20. The lowest BCUT2D eigenvalue weighted by atomic mass is 10.1. The van der Waals surface area contributed by atoms with Gasteiger partial charge in [-0.05, 0) is 45.3 Å². The Bertz CT molecular complexity index is 223. The lowest BCUT2D eigenvalue weighted by Crippen LogP contribution is -2.44. The highest BCUT2D eigenvalue weighted by Crippen LogP contribution is 2.13. The summed E-state index contributed by atoms with van der Waals surface area (Å²) >= 11 is 0. The first-order valence-electron chi connectivity index (χ1n) is 7.60. The van der Waals surface area contributed by atoms with E-state index in [-0.39, 0.29) is 0 Å². The topological polar surface area (TPSA) is 41.7 Å². The molecule has 18 heavy (non-hydrogen) atoms. The van der Waals surface area contributed by atoms with E-state index in [2.05, 4.69) is 16.7 Å². The van der Waals surface area contributed by atoms with E-state index in [4.69, 9.17) is 10.5 Å². The minimum absolute atomic E-state index is 0.440. The van der Waals surface area contributed by atoms with Gasteiger partial charge in [0.25, 0.3) is 0 Å². The SMILES string of the molecule is CCN(CCN1CCC(N)CC1)CC1CCCO1. The molecule has 2 N–H and O–H groups in total. The maximum absolute atomic E-state index is 5.93. The number of nitrogens with zero attached hydrogens (tertiary/aromatic N) is 2. The van der Waals surface area contributed by atoms with Crippen LogP contribution in [-0.2, 0) is 4.74 Å². The van der Waals surface area contributed by atoms with E-state index in [9.17, 15) is 0 Å². The summed E-state index contributed by atoms with van der Waals surface area (Å²) in [6, 6.07) is 0.440. The zero-order chi connectivity index (χ0) is 12.8. The summed E-state index contributed by atoms with van der Waals surface area (Å²) in [5.41, 5.74) is 5.93. The molecular weight excluding hydrogens is 226 g/mol. The third kappa shape index (κ3) is 4.50. The number of nitrogens with two attached hydrogens (primary N) is 1. The van der Waals surface area contributed by atoms with Crippen LogP contribution in [0.1, 0.15) is 32.6 Å². The maximum atomic E-state index is 5.93. The molecule has 0 radical (unpaired) electrons. The van der Waals surface area contributed by atoms with Gasteiger partial charge in [-0.15, -0.1) is 0 Å². The molecule has 1 atom stereocenters. The van der Waals surface area contributed by atoms with Crippen molar-refractivity contribution in [3.05, 3.63) is 0 Å². The maximum Gasteiger partial charge on any atom is 0.0702 e. The van der Waals surface area contributed by atoms with Crippen molar-refractivity contribution in [2.24, 2.45) is 5.73 Å². The van der Waals surface area contributed by atoms with Crippen LogP contribution in [-0.4, -0.2) is 67.8 Å². The second-order valence-corrected chi connectivity index (χ2v) is 5.71. The Kier molecular flexibility index (Phi) is 5.89. The van der Waals surface area contributed by atoms with Gasteiger partial charge in [-0.3, -0.25) is 4.90 Å². The van der Waals surface area contributed by atoms with Crippen molar-refractivity contribution >= 4 is 0 Å². The van der Waals surface area contributed by atoms with Crippen LogP contribution >= 0.6 is 0 Å². The van der Waals surface area contributed by atoms with Crippen LogP contribution < -0.4 is 5.73 Å². The fraction of sp³-hybridized carbons (Fsp3) is 1.00. The van der Waals surface area contributed by atoms with E-state index in [1.807, 2.05) is 0 Å². The van der Waals surface area contributed by atoms with Crippen LogP contribution in [0.5, 0.6) is 0 Å². The summed E-state index contributed by atoms with van der Waals surface area (Å²) in [6.07, 6.45) is 5.30. The fourth-order valence-electron chi connectivity index (χ4n) is 2.91. The molecule has 2 heterocycles. The molecule has 1 unspecified atom stereocenters. The number of likely N-dealkylation sites (N-methyl/N-ethyl adjacent to an activating group) is 1. The first kappa shape index (κ1) is 14.3. The average molecular weight is 255 g/mol. The Morgan fingerprint density at radius 3 is 2.67 bits per heavy atom. The number of piperidine rings is 1. The Labute approximate surface area is 111 Å². The molecule has 4 heteroatoms. The third-order valence-electron chi connectivity index (χ3n) is 4.30. The van der Waals surface area contributed by atoms with E-state index in [0.29, 0.717) is 12.1 Å². The molecule has 0 aromatic carbocycles. The summed E-state index contributed by atoms with van der Waals surface area (Å²) in [5.74, 6) is 0. The minimum Gasteiger partial charge on any atom is -0.377 e. The molecule has 0 amide bonds. The highest BCUT2D eigenvalue weighted by atomic mass is 16.5. The van der Waals surface area contributed by atoms with Gasteiger partial charge in [0, 0.05) is 32.3 Å². The summed E-state index contributed by atoms with van der Waals surface area (Å²) in [7, 11) is 0. The zero-order valence-corrected chi connectivity index (χ0v) is 11.8. The molecule has 2 aliphatic heterocycles. The van der Waals surface area contributed by atoms with Gasteiger partial charge in [-0.25, -0.2) is 0 Å². The Morgan fingerprint density at radius 2 is 2.06 bits per heavy atom. The Hall–Kier alpha value is -0.160. The molecule has 0 saturated carbocycles. The fourth-order valence-corrected chi connectivity index (χ4v) is 2.91. The molecule has 0 aromatic rings. The molecule has 0 bridgehead atoms. The van der Waals surface area contributed by atoms with E-state index < -0.39 is 0 Å². The molecule has 2 saturated heterocycles. The van der Waals surface area contributed by atoms with Crippen molar-refractivity contribution < 1.29 is 4.74 Å². The van der Waals surface area contributed by atoms with Gasteiger partial charge < -0.3 is 15.4 Å². The number of likely N-dealkylation sites (tertiary alicyclic amines) is 1. The molecule has 2 aliphatic rings. The molecular formula is C14H29N3O. The van der Waals surface area contributed by atoms with E-state index in [1.165, 1.54) is 39.0 Å². The molecule has 2 fully saturated rings. The van der Waals surface area contributed by atoms with Crippen molar-refractivity contribution in [1.29, 1.82) is 0 Å². The quantitative estimate of drug-likeness (QED) is 0.766. The normalized spacial score (nSPS) is 27.2. The summed E-state index contributed by atoms with van der Waals surface area (Å²) in [5, 5.41) is 0. The van der Waals surface area contributed by atoms with Crippen molar-refractivity contribution in [2.75, 3.05) is 45.9 Å². The van der Waals surface area contributed by atoms with Crippen LogP contribution in [0.3, 0.4) is 0 Å². The van der Waals surface area contributed by atoms with Gasteiger partial charge in [0.05, 0.1) is 6.10 Å². The van der Waals surface area contributed by atoms with Crippen LogP contribution in [0.15, 0.2) is 0 Å². The lowest BCUT2D eigenvalue weighted by molar-refractivity contribution is 0.0694. The third-order valence-corrected chi connectivity index (χ3v) is 4.30. The van der Waals surface area contributed by atoms with E-state index in [1.54, 1.807) is 0 Å². The van der Waals surface area contributed by atoms with Gasteiger partial charge in [0.15, 0.2) is 0 Å². The number of rotatable bonds is 6. The second kappa shape index (κ2) is 7.43. The van der Waals surface area contributed by atoms with Crippen LogP contribution in [0.25, 0.3) is 0 Å².